The van der Waals surface area contributed by atoms with Crippen molar-refractivity contribution in [3.05, 3.63) is 94.9 Å². The molecule has 4 atom stereocenters. The van der Waals surface area contributed by atoms with E-state index in [4.69, 9.17) is 16.3 Å². The van der Waals surface area contributed by atoms with E-state index in [-0.39, 0.29) is 5.69 Å². The highest BCUT2D eigenvalue weighted by atomic mass is 35.5. The van der Waals surface area contributed by atoms with Gasteiger partial charge in [-0.1, -0.05) is 35.9 Å². The van der Waals surface area contributed by atoms with E-state index in [0.29, 0.717) is 16.5 Å². The summed E-state index contributed by atoms with van der Waals surface area (Å²) in [6, 6.07) is 16.1. The topological polar surface area (TPSA) is 79.0 Å². The minimum Gasteiger partial charge on any atom is -0.495 e. The van der Waals surface area contributed by atoms with E-state index in [1.54, 1.807) is 29.3 Å². The first-order valence-corrected chi connectivity index (χ1v) is 12.1. The lowest BCUT2D eigenvalue weighted by Crippen LogP contribution is -2.46. The van der Waals surface area contributed by atoms with Crippen molar-refractivity contribution < 1.29 is 23.5 Å². The number of ether oxygens (including phenoxy) is 1. The molecule has 0 saturated carbocycles. The van der Waals surface area contributed by atoms with Gasteiger partial charge in [-0.05, 0) is 59.7 Å². The third-order valence-electron chi connectivity index (χ3n) is 7.23. The zero-order valence-corrected chi connectivity index (χ0v) is 20.4. The van der Waals surface area contributed by atoms with Gasteiger partial charge in [0.1, 0.15) is 17.6 Å². The number of nitrogens with one attached hydrogen (secondary N) is 1. The van der Waals surface area contributed by atoms with Crippen LogP contribution in [0.15, 0.2) is 72.9 Å². The zero-order valence-electron chi connectivity index (χ0n) is 19.6. The maximum absolute atomic E-state index is 13.8. The third-order valence-corrected chi connectivity index (χ3v) is 7.47. The number of rotatable bonds is 4. The molecular weight excluding hydrogens is 497 g/mol. The lowest BCUT2D eigenvalue weighted by molar-refractivity contribution is -0.128. The second-order valence-electron chi connectivity index (χ2n) is 9.16. The molecule has 0 unspecified atom stereocenters. The number of carbonyl (C=O) groups excluding carboxylic acids is 3. The molecular formula is C28H21ClFN3O4. The van der Waals surface area contributed by atoms with Crippen molar-refractivity contribution in [2.75, 3.05) is 17.3 Å². The normalized spacial score (nSPS) is 23.5. The molecule has 3 aliphatic rings. The Morgan fingerprint density at radius 1 is 1.00 bits per heavy atom. The number of imide groups is 1. The van der Waals surface area contributed by atoms with E-state index >= 15 is 0 Å². The average molecular weight is 518 g/mol. The molecule has 3 amide bonds. The van der Waals surface area contributed by atoms with Gasteiger partial charge in [0.05, 0.1) is 36.4 Å². The maximum atomic E-state index is 13.8. The van der Waals surface area contributed by atoms with Crippen LogP contribution in [0.2, 0.25) is 5.02 Å². The molecule has 0 aliphatic carbocycles. The SMILES string of the molecule is COc1ccc(Cl)cc1NC(=O)[C@@H]1[C@@H]2C(=O)N(c3ccc(F)cc3)C(=O)[C@H]2[C@@H]2c3ccccc3C=CN12. The van der Waals surface area contributed by atoms with Gasteiger partial charge in [0.2, 0.25) is 17.7 Å². The molecule has 186 valence electrons. The van der Waals surface area contributed by atoms with Crippen LogP contribution >= 0.6 is 11.6 Å². The summed E-state index contributed by atoms with van der Waals surface area (Å²) in [6.45, 7) is 0. The number of fused-ring (bicyclic) bond motifs is 5. The second-order valence-corrected chi connectivity index (χ2v) is 9.59. The van der Waals surface area contributed by atoms with E-state index in [1.807, 2.05) is 30.3 Å². The van der Waals surface area contributed by atoms with Crippen molar-refractivity contribution in [3.63, 3.8) is 0 Å². The summed E-state index contributed by atoms with van der Waals surface area (Å²) in [4.78, 5) is 44.3. The molecule has 0 radical (unpaired) electrons. The fourth-order valence-electron chi connectivity index (χ4n) is 5.69. The lowest BCUT2D eigenvalue weighted by atomic mass is 9.84. The van der Waals surface area contributed by atoms with Crippen LogP contribution in [-0.2, 0) is 14.4 Å². The van der Waals surface area contributed by atoms with Crippen molar-refractivity contribution in [1.29, 1.82) is 0 Å². The molecule has 9 heteroatoms. The molecule has 3 aromatic rings. The first-order valence-electron chi connectivity index (χ1n) is 11.7. The summed E-state index contributed by atoms with van der Waals surface area (Å²) in [7, 11) is 1.48. The summed E-state index contributed by atoms with van der Waals surface area (Å²) in [5, 5.41) is 3.26. The molecule has 1 N–H and O–H groups in total. The molecule has 37 heavy (non-hydrogen) atoms. The predicted octanol–water partition coefficient (Wildman–Crippen LogP) is 4.64. The first kappa shape index (κ1) is 23.2. The van der Waals surface area contributed by atoms with Crippen LogP contribution in [0.5, 0.6) is 5.75 Å². The Morgan fingerprint density at radius 2 is 1.73 bits per heavy atom. The van der Waals surface area contributed by atoms with Crippen LogP contribution in [0.25, 0.3) is 6.08 Å². The van der Waals surface area contributed by atoms with E-state index < -0.39 is 47.5 Å². The van der Waals surface area contributed by atoms with Gasteiger partial charge in [-0.2, -0.15) is 0 Å². The van der Waals surface area contributed by atoms with Crippen molar-refractivity contribution in [2.45, 2.75) is 12.1 Å². The van der Waals surface area contributed by atoms with Crippen molar-refractivity contribution in [2.24, 2.45) is 11.8 Å². The second kappa shape index (κ2) is 8.74. The standard InChI is InChI=1S/C28H21ClFN3O4/c1-37-21-11-6-16(29)14-20(21)31-26(34)25-23-22(24-19-5-3-2-4-15(19)12-13-32(24)25)27(35)33(28(23)36)18-9-7-17(30)8-10-18/h2-14,22-25H,1H3,(H,31,34)/t22-,23-,24+,25+/m1/s1. The van der Waals surface area contributed by atoms with Gasteiger partial charge in [-0.25, -0.2) is 9.29 Å². The largest absolute Gasteiger partial charge is 0.495 e. The molecule has 3 aromatic carbocycles. The molecule has 7 nitrogen and oxygen atoms in total. The number of hydrogen-bond acceptors (Lipinski definition) is 5. The molecule has 3 heterocycles. The van der Waals surface area contributed by atoms with Crippen molar-refractivity contribution in [1.82, 2.24) is 4.90 Å². The highest BCUT2D eigenvalue weighted by Crippen LogP contribution is 2.53. The number of halogens is 2. The van der Waals surface area contributed by atoms with Crippen LogP contribution in [0.4, 0.5) is 15.8 Å². The van der Waals surface area contributed by atoms with Gasteiger partial charge >= 0.3 is 0 Å². The lowest BCUT2D eigenvalue weighted by Gasteiger charge is -2.35. The molecule has 2 saturated heterocycles. The summed E-state index contributed by atoms with van der Waals surface area (Å²) in [6.07, 6.45) is 3.65. The average Bonchev–Trinajstić information content (AvgIpc) is 3.37. The van der Waals surface area contributed by atoms with Crippen LogP contribution in [0.3, 0.4) is 0 Å². The highest BCUT2D eigenvalue weighted by molar-refractivity contribution is 6.31. The molecule has 0 bridgehead atoms. The molecule has 3 aliphatic heterocycles. The van der Waals surface area contributed by atoms with Gasteiger partial charge in [-0.15, -0.1) is 0 Å². The summed E-state index contributed by atoms with van der Waals surface area (Å²) in [5.41, 5.74) is 2.40. The van der Waals surface area contributed by atoms with E-state index in [2.05, 4.69) is 5.32 Å². The predicted molar refractivity (Wildman–Crippen MR) is 136 cm³/mol. The van der Waals surface area contributed by atoms with E-state index in [0.717, 1.165) is 16.0 Å². The summed E-state index contributed by atoms with van der Waals surface area (Å²) < 4.78 is 18.9. The number of methoxy groups -OCH3 is 1. The van der Waals surface area contributed by atoms with Gasteiger partial charge in [0, 0.05) is 11.2 Å². The summed E-state index contributed by atoms with van der Waals surface area (Å²) >= 11 is 6.15. The van der Waals surface area contributed by atoms with Crippen molar-refractivity contribution >= 4 is 46.8 Å². The Bertz CT molecular complexity index is 1470. The molecule has 0 spiro atoms. The Kier molecular flexibility index (Phi) is 5.49. The Hall–Kier alpha value is -4.17. The number of hydrogen-bond donors (Lipinski definition) is 1. The number of nitrogens with zero attached hydrogens (tertiary/aromatic N) is 2. The number of amides is 3. The van der Waals surface area contributed by atoms with Crippen molar-refractivity contribution in [3.8, 4) is 5.75 Å². The minimum atomic E-state index is -0.981. The van der Waals surface area contributed by atoms with Crippen LogP contribution in [0.1, 0.15) is 17.2 Å². The first-order chi connectivity index (χ1) is 17.9. The Labute approximate surface area is 217 Å². The fourth-order valence-corrected chi connectivity index (χ4v) is 5.86. The number of carbonyl (C=O) groups is 3. The number of benzene rings is 3. The molecule has 2 fully saturated rings. The minimum absolute atomic E-state index is 0.271. The number of anilines is 2. The highest BCUT2D eigenvalue weighted by Gasteiger charge is 2.64. The summed E-state index contributed by atoms with van der Waals surface area (Å²) in [5.74, 6) is -3.22. The van der Waals surface area contributed by atoms with Crippen LogP contribution in [0, 0.1) is 17.7 Å². The van der Waals surface area contributed by atoms with Gasteiger partial charge in [0.15, 0.2) is 0 Å². The Balaban J connectivity index is 1.44. The van der Waals surface area contributed by atoms with Gasteiger partial charge in [0.25, 0.3) is 0 Å². The van der Waals surface area contributed by atoms with E-state index in [1.165, 1.54) is 31.4 Å². The van der Waals surface area contributed by atoms with Gasteiger partial charge < -0.3 is 15.0 Å². The molecule has 0 aromatic heterocycles. The zero-order chi connectivity index (χ0) is 25.8. The van der Waals surface area contributed by atoms with Crippen LogP contribution in [-0.4, -0.2) is 35.8 Å². The van der Waals surface area contributed by atoms with E-state index in [9.17, 15) is 18.8 Å². The smallest absolute Gasteiger partial charge is 0.248 e. The van der Waals surface area contributed by atoms with Crippen LogP contribution < -0.4 is 15.0 Å². The maximum Gasteiger partial charge on any atom is 0.248 e. The van der Waals surface area contributed by atoms with Gasteiger partial charge in [-0.3, -0.25) is 14.4 Å². The quantitative estimate of drug-likeness (QED) is 0.510. The Morgan fingerprint density at radius 3 is 2.49 bits per heavy atom. The third kappa shape index (κ3) is 3.59. The fraction of sp³-hybridized carbons (Fsp3) is 0.179. The molecule has 6 rings (SSSR count). The monoisotopic (exact) mass is 517 g/mol.